The number of rotatable bonds is 3. The van der Waals surface area contributed by atoms with Crippen molar-refractivity contribution in [3.05, 3.63) is 24.3 Å². The Morgan fingerprint density at radius 3 is 2.79 bits per heavy atom. The number of anilines is 1. The summed E-state index contributed by atoms with van der Waals surface area (Å²) in [7, 11) is 0. The molecule has 74 valence electrons. The van der Waals surface area contributed by atoms with Gasteiger partial charge in [0.2, 0.25) is 5.91 Å². The Morgan fingerprint density at radius 1 is 1.43 bits per heavy atom. The summed E-state index contributed by atoms with van der Waals surface area (Å²) in [6.07, 6.45) is 4.11. The second kappa shape index (κ2) is 4.05. The van der Waals surface area contributed by atoms with Crippen molar-refractivity contribution in [2.24, 2.45) is 5.92 Å². The SMILES string of the molecule is CSc1ccccc1NC(=O)C1CC1. The molecule has 0 radical (unpaired) electrons. The first-order chi connectivity index (χ1) is 6.81. The van der Waals surface area contributed by atoms with Crippen LogP contribution in [0.3, 0.4) is 0 Å². The van der Waals surface area contributed by atoms with Gasteiger partial charge < -0.3 is 5.32 Å². The molecule has 1 aliphatic carbocycles. The van der Waals surface area contributed by atoms with E-state index in [-0.39, 0.29) is 11.8 Å². The zero-order valence-electron chi connectivity index (χ0n) is 8.12. The molecule has 1 aromatic rings. The van der Waals surface area contributed by atoms with Crippen molar-refractivity contribution in [3.8, 4) is 0 Å². The summed E-state index contributed by atoms with van der Waals surface area (Å²) in [6, 6.07) is 7.90. The van der Waals surface area contributed by atoms with Crippen LogP contribution >= 0.6 is 11.8 Å². The van der Waals surface area contributed by atoms with Gasteiger partial charge in [-0.1, -0.05) is 12.1 Å². The highest BCUT2D eigenvalue weighted by atomic mass is 32.2. The number of hydrogen-bond acceptors (Lipinski definition) is 2. The molecule has 1 fully saturated rings. The predicted octanol–water partition coefficient (Wildman–Crippen LogP) is 2.76. The fourth-order valence-corrected chi connectivity index (χ4v) is 1.88. The van der Waals surface area contributed by atoms with Crippen LogP contribution in [0.25, 0.3) is 0 Å². The zero-order valence-corrected chi connectivity index (χ0v) is 8.93. The van der Waals surface area contributed by atoms with Crippen molar-refractivity contribution in [1.82, 2.24) is 0 Å². The third-order valence-corrected chi connectivity index (χ3v) is 3.11. The highest BCUT2D eigenvalue weighted by Gasteiger charge is 2.29. The van der Waals surface area contributed by atoms with E-state index < -0.39 is 0 Å². The van der Waals surface area contributed by atoms with Crippen LogP contribution in [0.5, 0.6) is 0 Å². The highest BCUT2D eigenvalue weighted by Crippen LogP contribution is 2.32. The summed E-state index contributed by atoms with van der Waals surface area (Å²) >= 11 is 1.65. The maximum absolute atomic E-state index is 11.5. The van der Waals surface area contributed by atoms with Crippen molar-refractivity contribution >= 4 is 23.4 Å². The first-order valence-corrected chi connectivity index (χ1v) is 5.97. The molecule has 0 aliphatic heterocycles. The highest BCUT2D eigenvalue weighted by molar-refractivity contribution is 7.98. The van der Waals surface area contributed by atoms with Crippen molar-refractivity contribution in [1.29, 1.82) is 0 Å². The summed E-state index contributed by atoms with van der Waals surface area (Å²) in [5.74, 6) is 0.441. The Kier molecular flexibility index (Phi) is 2.77. The van der Waals surface area contributed by atoms with Gasteiger partial charge in [0.05, 0.1) is 5.69 Å². The standard InChI is InChI=1S/C11H13NOS/c1-14-10-5-3-2-4-9(10)12-11(13)8-6-7-8/h2-5,8H,6-7H2,1H3,(H,12,13). The molecule has 2 rings (SSSR count). The van der Waals surface area contributed by atoms with Gasteiger partial charge in [0.25, 0.3) is 0 Å². The zero-order chi connectivity index (χ0) is 9.97. The lowest BCUT2D eigenvalue weighted by Gasteiger charge is -2.07. The summed E-state index contributed by atoms with van der Waals surface area (Å²) in [4.78, 5) is 12.6. The van der Waals surface area contributed by atoms with Gasteiger partial charge in [-0.25, -0.2) is 0 Å². The smallest absolute Gasteiger partial charge is 0.227 e. The van der Waals surface area contributed by atoms with E-state index in [4.69, 9.17) is 0 Å². The van der Waals surface area contributed by atoms with Gasteiger partial charge >= 0.3 is 0 Å². The van der Waals surface area contributed by atoms with Gasteiger partial charge in [0.1, 0.15) is 0 Å². The van der Waals surface area contributed by atoms with Crippen LogP contribution in [0.2, 0.25) is 0 Å². The van der Waals surface area contributed by atoms with E-state index >= 15 is 0 Å². The molecule has 0 bridgehead atoms. The van der Waals surface area contributed by atoms with E-state index in [1.807, 2.05) is 30.5 Å². The van der Waals surface area contributed by atoms with Crippen molar-refractivity contribution in [2.45, 2.75) is 17.7 Å². The number of benzene rings is 1. The molecule has 1 aromatic carbocycles. The fourth-order valence-electron chi connectivity index (χ4n) is 1.33. The largest absolute Gasteiger partial charge is 0.325 e. The average molecular weight is 207 g/mol. The van der Waals surface area contributed by atoms with Gasteiger partial charge in [0, 0.05) is 10.8 Å². The van der Waals surface area contributed by atoms with Crippen LogP contribution < -0.4 is 5.32 Å². The second-order valence-electron chi connectivity index (χ2n) is 3.46. The van der Waals surface area contributed by atoms with E-state index in [0.717, 1.165) is 23.4 Å². The Labute approximate surface area is 88.1 Å². The van der Waals surface area contributed by atoms with Crippen molar-refractivity contribution in [3.63, 3.8) is 0 Å². The minimum absolute atomic E-state index is 0.173. The van der Waals surface area contributed by atoms with Crippen LogP contribution in [0, 0.1) is 5.92 Å². The van der Waals surface area contributed by atoms with Gasteiger partial charge in [0.15, 0.2) is 0 Å². The number of carbonyl (C=O) groups is 1. The molecule has 1 N–H and O–H groups in total. The Balaban J connectivity index is 2.10. The molecule has 0 saturated heterocycles. The molecule has 1 aliphatic rings. The number of carbonyl (C=O) groups excluding carboxylic acids is 1. The van der Waals surface area contributed by atoms with E-state index in [1.54, 1.807) is 11.8 Å². The lowest BCUT2D eigenvalue weighted by Crippen LogP contribution is -2.13. The Hall–Kier alpha value is -0.960. The molecule has 3 heteroatoms. The fraction of sp³-hybridized carbons (Fsp3) is 0.364. The van der Waals surface area contributed by atoms with Gasteiger partial charge in [-0.3, -0.25) is 4.79 Å². The topological polar surface area (TPSA) is 29.1 Å². The molecule has 0 heterocycles. The molecule has 1 amide bonds. The molecule has 0 atom stereocenters. The number of hydrogen-bond donors (Lipinski definition) is 1. The lowest BCUT2D eigenvalue weighted by atomic mass is 10.3. The molecule has 2 nitrogen and oxygen atoms in total. The summed E-state index contributed by atoms with van der Waals surface area (Å²) < 4.78 is 0. The van der Waals surface area contributed by atoms with Crippen LogP contribution in [0.1, 0.15) is 12.8 Å². The predicted molar refractivity (Wildman–Crippen MR) is 59.6 cm³/mol. The minimum atomic E-state index is 0.173. The maximum atomic E-state index is 11.5. The van der Waals surface area contributed by atoms with Gasteiger partial charge in [-0.2, -0.15) is 0 Å². The minimum Gasteiger partial charge on any atom is -0.325 e. The van der Waals surface area contributed by atoms with Crippen LogP contribution in [0.15, 0.2) is 29.2 Å². The number of nitrogens with one attached hydrogen (secondary N) is 1. The maximum Gasteiger partial charge on any atom is 0.227 e. The summed E-state index contributed by atoms with van der Waals surface area (Å²) in [6.45, 7) is 0. The average Bonchev–Trinajstić information content (AvgIpc) is 3.02. The molecular weight excluding hydrogens is 194 g/mol. The van der Waals surface area contributed by atoms with E-state index in [9.17, 15) is 4.79 Å². The molecule has 0 spiro atoms. The molecule has 1 saturated carbocycles. The molecule has 0 aromatic heterocycles. The number of para-hydroxylation sites is 1. The van der Waals surface area contributed by atoms with E-state index in [1.165, 1.54) is 0 Å². The van der Waals surface area contributed by atoms with Crippen LogP contribution in [-0.2, 0) is 4.79 Å². The van der Waals surface area contributed by atoms with Gasteiger partial charge in [-0.05, 0) is 31.2 Å². The molecule has 14 heavy (non-hydrogen) atoms. The van der Waals surface area contributed by atoms with Crippen LogP contribution in [0.4, 0.5) is 5.69 Å². The Bertz CT molecular complexity index is 347. The van der Waals surface area contributed by atoms with Crippen molar-refractivity contribution in [2.75, 3.05) is 11.6 Å². The first kappa shape index (κ1) is 9.59. The second-order valence-corrected chi connectivity index (χ2v) is 4.31. The normalized spacial score (nSPS) is 15.2. The van der Waals surface area contributed by atoms with Crippen LogP contribution in [-0.4, -0.2) is 12.2 Å². The van der Waals surface area contributed by atoms with E-state index in [2.05, 4.69) is 5.32 Å². The molecule has 0 unspecified atom stereocenters. The third-order valence-electron chi connectivity index (χ3n) is 2.31. The molecular formula is C11H13NOS. The summed E-state index contributed by atoms with van der Waals surface area (Å²) in [5, 5.41) is 2.96. The first-order valence-electron chi connectivity index (χ1n) is 4.75. The Morgan fingerprint density at radius 2 is 2.14 bits per heavy atom. The third kappa shape index (κ3) is 2.10. The number of thioether (sulfide) groups is 1. The quantitative estimate of drug-likeness (QED) is 0.772. The number of amides is 1. The van der Waals surface area contributed by atoms with Crippen molar-refractivity contribution < 1.29 is 4.79 Å². The summed E-state index contributed by atoms with van der Waals surface area (Å²) in [5.41, 5.74) is 0.942. The lowest BCUT2D eigenvalue weighted by molar-refractivity contribution is -0.117. The van der Waals surface area contributed by atoms with Gasteiger partial charge in [-0.15, -0.1) is 11.8 Å². The monoisotopic (exact) mass is 207 g/mol. The van der Waals surface area contributed by atoms with E-state index in [0.29, 0.717) is 0 Å².